The minimum absolute atomic E-state index is 0.393. The molecule has 0 bridgehead atoms. The second kappa shape index (κ2) is 4.43. The van der Waals surface area contributed by atoms with Crippen molar-refractivity contribution in [3.05, 3.63) is 30.8 Å². The summed E-state index contributed by atoms with van der Waals surface area (Å²) in [7, 11) is 0. The Bertz CT molecular complexity index is 356. The van der Waals surface area contributed by atoms with Gasteiger partial charge in [0.25, 0.3) is 0 Å². The van der Waals surface area contributed by atoms with Crippen LogP contribution in [-0.2, 0) is 0 Å². The molecule has 1 aromatic heterocycles. The number of rotatable bonds is 2. The summed E-state index contributed by atoms with van der Waals surface area (Å²) in [6.45, 7) is 7.27. The van der Waals surface area contributed by atoms with Gasteiger partial charge in [0, 0.05) is 31.8 Å². The van der Waals surface area contributed by atoms with Crippen molar-refractivity contribution in [1.29, 1.82) is 0 Å². The van der Waals surface area contributed by atoms with Crippen LogP contribution in [0.15, 0.2) is 18.3 Å². The Labute approximate surface area is 90.1 Å². The highest BCUT2D eigenvalue weighted by molar-refractivity contribution is 5.99. The molecule has 2 rings (SSSR count). The van der Waals surface area contributed by atoms with Crippen LogP contribution < -0.4 is 4.90 Å². The molecule has 3 nitrogen and oxygen atoms in total. The van der Waals surface area contributed by atoms with Crippen LogP contribution in [0.4, 0.5) is 5.82 Å². The lowest BCUT2D eigenvalue weighted by molar-refractivity contribution is 0.104. The third kappa shape index (κ3) is 2.35. The van der Waals surface area contributed by atoms with Crippen molar-refractivity contribution in [1.82, 2.24) is 4.98 Å². The molecule has 1 aliphatic rings. The Hall–Kier alpha value is -1.38. The Morgan fingerprint density at radius 2 is 2.07 bits per heavy atom. The molecule has 78 valence electrons. The number of aromatic nitrogens is 1. The first-order valence-electron chi connectivity index (χ1n) is 5.28. The predicted molar refractivity (Wildman–Crippen MR) is 58.9 cm³/mol. The van der Waals surface area contributed by atoms with Crippen molar-refractivity contribution in [2.24, 2.45) is 0 Å². The first-order chi connectivity index (χ1) is 7.27. The lowest BCUT2D eigenvalue weighted by atomic mass is 10.1. The standard InChI is InChI=1S/C12H14N2O/c1-10(15)11-5-6-13-12(9-11)14-7-3-2-4-8-14/h1,5-6,9H,2-4,7-8H2. The van der Waals surface area contributed by atoms with Crippen molar-refractivity contribution in [3.63, 3.8) is 0 Å². The fourth-order valence-corrected chi connectivity index (χ4v) is 1.87. The van der Waals surface area contributed by atoms with Gasteiger partial charge < -0.3 is 4.90 Å². The summed E-state index contributed by atoms with van der Waals surface area (Å²) >= 11 is 0. The van der Waals surface area contributed by atoms with Crippen molar-refractivity contribution < 1.29 is 4.79 Å². The maximum absolute atomic E-state index is 11.0. The minimum Gasteiger partial charge on any atom is -0.357 e. The molecule has 1 aromatic rings. The molecule has 2 heterocycles. The van der Waals surface area contributed by atoms with Gasteiger partial charge in [-0.1, -0.05) is 0 Å². The molecule has 3 heteroatoms. The molecule has 15 heavy (non-hydrogen) atoms. The van der Waals surface area contributed by atoms with E-state index in [0.29, 0.717) is 5.56 Å². The molecule has 1 saturated heterocycles. The van der Waals surface area contributed by atoms with Crippen LogP contribution >= 0.6 is 0 Å². The number of carbonyl (C=O) groups is 1. The molecule has 0 aromatic carbocycles. The highest BCUT2D eigenvalue weighted by Crippen LogP contribution is 2.18. The van der Waals surface area contributed by atoms with Gasteiger partial charge in [-0.3, -0.25) is 4.79 Å². The number of nitrogens with zero attached hydrogens (tertiary/aromatic N) is 2. The van der Waals surface area contributed by atoms with Crippen LogP contribution in [0.5, 0.6) is 0 Å². The van der Waals surface area contributed by atoms with E-state index in [9.17, 15) is 4.79 Å². The van der Waals surface area contributed by atoms with Crippen LogP contribution in [0, 0.1) is 6.92 Å². The maximum Gasteiger partial charge on any atom is 0.167 e. The smallest absolute Gasteiger partial charge is 0.167 e. The Balaban J connectivity index is 2.19. The molecule has 0 unspecified atom stereocenters. The van der Waals surface area contributed by atoms with E-state index in [1.165, 1.54) is 19.3 Å². The van der Waals surface area contributed by atoms with Gasteiger partial charge in [-0.25, -0.2) is 4.98 Å². The van der Waals surface area contributed by atoms with E-state index in [1.807, 2.05) is 0 Å². The first kappa shape index (κ1) is 10.1. The predicted octanol–water partition coefficient (Wildman–Crippen LogP) is 1.97. The molecule has 0 atom stereocenters. The first-order valence-corrected chi connectivity index (χ1v) is 5.28. The Morgan fingerprint density at radius 3 is 2.73 bits per heavy atom. The van der Waals surface area contributed by atoms with Gasteiger partial charge in [0.15, 0.2) is 5.78 Å². The lowest BCUT2D eigenvalue weighted by Gasteiger charge is -2.27. The van der Waals surface area contributed by atoms with E-state index < -0.39 is 5.78 Å². The molecule has 0 aliphatic carbocycles. The number of pyridine rings is 1. The molecule has 0 saturated carbocycles. The highest BCUT2D eigenvalue weighted by atomic mass is 16.1. The van der Waals surface area contributed by atoms with E-state index in [4.69, 9.17) is 6.92 Å². The van der Waals surface area contributed by atoms with Crippen molar-refractivity contribution in [2.75, 3.05) is 18.0 Å². The van der Waals surface area contributed by atoms with Gasteiger partial charge in [0.1, 0.15) is 5.82 Å². The normalized spacial score (nSPS) is 16.5. The average Bonchev–Trinajstić information content (AvgIpc) is 2.30. The molecule has 1 fully saturated rings. The molecule has 0 N–H and O–H groups in total. The zero-order chi connectivity index (χ0) is 10.7. The number of carbonyl (C=O) groups excluding carboxylic acids is 1. The molecule has 0 amide bonds. The van der Waals surface area contributed by atoms with Gasteiger partial charge in [-0.05, 0) is 31.4 Å². The zero-order valence-corrected chi connectivity index (χ0v) is 8.65. The van der Waals surface area contributed by atoms with E-state index in [-0.39, 0.29) is 0 Å². The monoisotopic (exact) mass is 202 g/mol. The molecule has 2 radical (unpaired) electrons. The third-order valence-corrected chi connectivity index (χ3v) is 2.71. The minimum atomic E-state index is -0.393. The van der Waals surface area contributed by atoms with Gasteiger partial charge in [0.05, 0.1) is 0 Å². The molecule has 1 aliphatic heterocycles. The quantitative estimate of drug-likeness (QED) is 0.687. The molecular weight excluding hydrogens is 188 g/mol. The van der Waals surface area contributed by atoms with Gasteiger partial charge in [0.2, 0.25) is 0 Å². The summed E-state index contributed by atoms with van der Waals surface area (Å²) in [4.78, 5) is 17.5. The number of anilines is 1. The van der Waals surface area contributed by atoms with E-state index >= 15 is 0 Å². The number of hydrogen-bond acceptors (Lipinski definition) is 3. The van der Waals surface area contributed by atoms with E-state index in [1.54, 1.807) is 18.3 Å². The van der Waals surface area contributed by atoms with Crippen molar-refractivity contribution in [3.8, 4) is 0 Å². The average molecular weight is 202 g/mol. The van der Waals surface area contributed by atoms with Gasteiger partial charge >= 0.3 is 0 Å². The lowest BCUT2D eigenvalue weighted by Crippen LogP contribution is -2.30. The van der Waals surface area contributed by atoms with Crippen LogP contribution in [0.25, 0.3) is 0 Å². The summed E-state index contributed by atoms with van der Waals surface area (Å²) in [6.07, 6.45) is 5.32. The Morgan fingerprint density at radius 1 is 1.33 bits per heavy atom. The largest absolute Gasteiger partial charge is 0.357 e. The third-order valence-electron chi connectivity index (χ3n) is 2.71. The number of piperidine rings is 1. The number of Topliss-reactive ketones (excluding diaryl/α,β-unsaturated/α-hetero) is 1. The van der Waals surface area contributed by atoms with Crippen LogP contribution in [0.2, 0.25) is 0 Å². The molecule has 0 spiro atoms. The second-order valence-corrected chi connectivity index (χ2v) is 3.81. The summed E-state index contributed by atoms with van der Waals surface area (Å²) in [5.74, 6) is 0.474. The summed E-state index contributed by atoms with van der Waals surface area (Å²) in [6, 6.07) is 3.42. The highest BCUT2D eigenvalue weighted by Gasteiger charge is 2.12. The summed E-state index contributed by atoms with van der Waals surface area (Å²) in [5, 5.41) is 0. The number of hydrogen-bond donors (Lipinski definition) is 0. The van der Waals surface area contributed by atoms with Crippen LogP contribution in [0.1, 0.15) is 29.6 Å². The van der Waals surface area contributed by atoms with Crippen LogP contribution in [-0.4, -0.2) is 23.9 Å². The maximum atomic E-state index is 11.0. The van der Waals surface area contributed by atoms with Gasteiger partial charge in [-0.2, -0.15) is 0 Å². The van der Waals surface area contributed by atoms with Crippen molar-refractivity contribution >= 4 is 11.6 Å². The fourth-order valence-electron chi connectivity index (χ4n) is 1.87. The summed E-state index contributed by atoms with van der Waals surface area (Å²) < 4.78 is 0. The Kier molecular flexibility index (Phi) is 2.99. The van der Waals surface area contributed by atoms with Crippen molar-refractivity contribution in [2.45, 2.75) is 19.3 Å². The van der Waals surface area contributed by atoms with E-state index in [2.05, 4.69) is 9.88 Å². The number of ketones is 1. The van der Waals surface area contributed by atoms with E-state index in [0.717, 1.165) is 18.9 Å². The topological polar surface area (TPSA) is 33.2 Å². The SMILES string of the molecule is [CH]C(=O)c1ccnc(N2CCCCC2)c1. The second-order valence-electron chi connectivity index (χ2n) is 3.81. The fraction of sp³-hybridized carbons (Fsp3) is 0.417. The van der Waals surface area contributed by atoms with Gasteiger partial charge in [-0.15, -0.1) is 0 Å². The molecular formula is C12H14N2O. The summed E-state index contributed by atoms with van der Waals surface area (Å²) in [5.41, 5.74) is 0.533. The zero-order valence-electron chi connectivity index (χ0n) is 8.65. The van der Waals surface area contributed by atoms with Crippen LogP contribution in [0.3, 0.4) is 0 Å².